The molecule has 3 aromatic rings. The van der Waals surface area contributed by atoms with Gasteiger partial charge < -0.3 is 10.2 Å². The van der Waals surface area contributed by atoms with Crippen molar-refractivity contribution in [3.63, 3.8) is 0 Å². The molecule has 2 aromatic carbocycles. The van der Waals surface area contributed by atoms with Crippen LogP contribution in [0, 0.1) is 37.9 Å². The number of benzene rings is 2. The number of piperazine rings is 1. The number of aromatic nitrogens is 1. The Bertz CT molecular complexity index is 1220. The Balaban J connectivity index is 1.47. The second-order valence-electron chi connectivity index (χ2n) is 8.51. The number of carbonyl (C=O) groups excluding carboxylic acids is 1. The number of rotatable bonds is 5. The van der Waals surface area contributed by atoms with Crippen LogP contribution in [0.15, 0.2) is 48.5 Å². The topological polar surface area (TPSA) is 64.3 Å². The van der Waals surface area contributed by atoms with Crippen LogP contribution in [0.4, 0.5) is 15.9 Å². The largest absolute Gasteiger partial charge is 0.369 e. The van der Waals surface area contributed by atoms with E-state index in [1.165, 1.54) is 23.4 Å². The molecule has 0 aliphatic carbocycles. The van der Waals surface area contributed by atoms with E-state index in [9.17, 15) is 14.4 Å². The molecule has 33 heavy (non-hydrogen) atoms. The molecule has 1 aliphatic heterocycles. The Labute approximate surface area is 193 Å². The van der Waals surface area contributed by atoms with Gasteiger partial charge in [0.15, 0.2) is 0 Å². The minimum Gasteiger partial charge on any atom is -0.369 e. The zero-order valence-corrected chi connectivity index (χ0v) is 19.2. The van der Waals surface area contributed by atoms with Gasteiger partial charge in [-0.1, -0.05) is 18.2 Å². The summed E-state index contributed by atoms with van der Waals surface area (Å²) in [6, 6.07) is 16.8. The van der Waals surface area contributed by atoms with Gasteiger partial charge in [-0.05, 0) is 62.2 Å². The average Bonchev–Trinajstić information content (AvgIpc) is 3.03. The molecular weight excluding hydrogens is 417 g/mol. The normalized spacial score (nSPS) is 14.2. The molecule has 4 rings (SSSR count). The lowest BCUT2D eigenvalue weighted by atomic mass is 10.2. The summed E-state index contributed by atoms with van der Waals surface area (Å²) in [5.74, 6) is -0.173. The fourth-order valence-corrected chi connectivity index (χ4v) is 4.36. The third-order valence-electron chi connectivity index (χ3n) is 6.26. The molecule has 1 fully saturated rings. The minimum absolute atomic E-state index is 0.189. The van der Waals surface area contributed by atoms with Gasteiger partial charge in [-0.25, -0.2) is 4.39 Å². The lowest BCUT2D eigenvalue weighted by molar-refractivity contribution is -0.117. The highest BCUT2D eigenvalue weighted by Crippen LogP contribution is 2.30. The van der Waals surface area contributed by atoms with Gasteiger partial charge in [0.2, 0.25) is 5.91 Å². The second kappa shape index (κ2) is 9.47. The van der Waals surface area contributed by atoms with Gasteiger partial charge in [-0.15, -0.1) is 0 Å². The van der Waals surface area contributed by atoms with Crippen LogP contribution in [-0.2, 0) is 4.79 Å². The van der Waals surface area contributed by atoms with Crippen LogP contribution in [0.2, 0.25) is 0 Å². The number of anilines is 2. The molecule has 0 radical (unpaired) electrons. The maximum atomic E-state index is 13.9. The van der Waals surface area contributed by atoms with Gasteiger partial charge in [0.25, 0.3) is 0 Å². The van der Waals surface area contributed by atoms with E-state index in [-0.39, 0.29) is 18.3 Å². The van der Waals surface area contributed by atoms with Crippen molar-refractivity contribution in [2.45, 2.75) is 20.8 Å². The zero-order valence-electron chi connectivity index (χ0n) is 19.2. The van der Waals surface area contributed by atoms with Crippen LogP contribution in [0.5, 0.6) is 0 Å². The van der Waals surface area contributed by atoms with Crippen molar-refractivity contribution in [3.8, 4) is 11.8 Å². The SMILES string of the molecule is Cc1cccc(N2CCN(CC(=O)Nc3c(C#N)c(C)c(C)n3-c3cccc(F)c3)CC2)c1. The van der Waals surface area contributed by atoms with Crippen molar-refractivity contribution in [1.29, 1.82) is 5.26 Å². The molecule has 0 bridgehead atoms. The first-order valence-corrected chi connectivity index (χ1v) is 11.1. The van der Waals surface area contributed by atoms with Gasteiger partial charge in [0.1, 0.15) is 17.7 Å². The Hall–Kier alpha value is -3.63. The number of carbonyl (C=O) groups is 1. The van der Waals surface area contributed by atoms with Crippen LogP contribution >= 0.6 is 0 Å². The quantitative estimate of drug-likeness (QED) is 0.640. The predicted octanol–water partition coefficient (Wildman–Crippen LogP) is 4.17. The van der Waals surface area contributed by atoms with Crippen molar-refractivity contribution in [3.05, 3.63) is 76.7 Å². The molecule has 170 valence electrons. The second-order valence-corrected chi connectivity index (χ2v) is 8.51. The van der Waals surface area contributed by atoms with E-state index < -0.39 is 0 Å². The van der Waals surface area contributed by atoms with Gasteiger partial charge in [-0.2, -0.15) is 5.26 Å². The zero-order chi connectivity index (χ0) is 23.5. The van der Waals surface area contributed by atoms with Crippen molar-refractivity contribution >= 4 is 17.4 Å². The lowest BCUT2D eigenvalue weighted by Gasteiger charge is -2.35. The molecule has 0 atom stereocenters. The fraction of sp³-hybridized carbons (Fsp3) is 0.308. The molecule has 2 heterocycles. The highest BCUT2D eigenvalue weighted by Gasteiger charge is 2.23. The molecule has 1 amide bonds. The molecule has 0 saturated carbocycles. The van der Waals surface area contributed by atoms with Gasteiger partial charge in [-0.3, -0.25) is 14.3 Å². The summed E-state index contributed by atoms with van der Waals surface area (Å²) in [7, 11) is 0. The number of nitriles is 1. The van der Waals surface area contributed by atoms with Crippen molar-refractivity contribution in [2.24, 2.45) is 0 Å². The maximum Gasteiger partial charge on any atom is 0.239 e. The molecule has 6 nitrogen and oxygen atoms in total. The van der Waals surface area contributed by atoms with E-state index in [0.29, 0.717) is 17.1 Å². The Morgan fingerprint density at radius 2 is 1.73 bits per heavy atom. The number of nitrogens with one attached hydrogen (secondary N) is 1. The summed E-state index contributed by atoms with van der Waals surface area (Å²) in [6.07, 6.45) is 0. The number of halogens is 1. The summed E-state index contributed by atoms with van der Waals surface area (Å²) < 4.78 is 15.6. The summed E-state index contributed by atoms with van der Waals surface area (Å²) in [6.45, 7) is 9.26. The summed E-state index contributed by atoms with van der Waals surface area (Å²) in [5, 5.41) is 12.7. The smallest absolute Gasteiger partial charge is 0.239 e. The van der Waals surface area contributed by atoms with Crippen LogP contribution in [0.3, 0.4) is 0 Å². The van der Waals surface area contributed by atoms with E-state index in [0.717, 1.165) is 37.4 Å². The molecular formula is C26H28FN5O. The van der Waals surface area contributed by atoms with Crippen LogP contribution in [-0.4, -0.2) is 48.1 Å². The fourth-order valence-electron chi connectivity index (χ4n) is 4.36. The maximum absolute atomic E-state index is 13.9. The van der Waals surface area contributed by atoms with Crippen molar-refractivity contribution < 1.29 is 9.18 Å². The molecule has 1 aliphatic rings. The number of nitrogens with zero attached hydrogens (tertiary/aromatic N) is 4. The van der Waals surface area contributed by atoms with Gasteiger partial charge in [0.05, 0.1) is 17.8 Å². The monoisotopic (exact) mass is 445 g/mol. The first kappa shape index (κ1) is 22.6. The van der Waals surface area contributed by atoms with Crippen LogP contribution in [0.1, 0.15) is 22.4 Å². The molecule has 1 N–H and O–H groups in total. The number of hydrogen-bond acceptors (Lipinski definition) is 4. The third-order valence-corrected chi connectivity index (χ3v) is 6.26. The first-order valence-electron chi connectivity index (χ1n) is 11.1. The van der Waals surface area contributed by atoms with E-state index in [1.54, 1.807) is 16.7 Å². The Morgan fingerprint density at radius 1 is 1.03 bits per heavy atom. The summed E-state index contributed by atoms with van der Waals surface area (Å²) in [4.78, 5) is 17.4. The first-order chi connectivity index (χ1) is 15.9. The summed E-state index contributed by atoms with van der Waals surface area (Å²) >= 11 is 0. The Morgan fingerprint density at radius 3 is 2.39 bits per heavy atom. The van der Waals surface area contributed by atoms with E-state index >= 15 is 0 Å². The molecule has 0 unspecified atom stereocenters. The molecule has 7 heteroatoms. The molecule has 0 spiro atoms. The van der Waals surface area contributed by atoms with Crippen LogP contribution in [0.25, 0.3) is 5.69 Å². The van der Waals surface area contributed by atoms with Crippen LogP contribution < -0.4 is 10.2 Å². The van der Waals surface area contributed by atoms with E-state index in [2.05, 4.69) is 52.4 Å². The van der Waals surface area contributed by atoms with Gasteiger partial charge >= 0.3 is 0 Å². The number of amides is 1. The standard InChI is InChI=1S/C26H28FN5O/c1-18-6-4-8-22(14-18)31-12-10-30(11-13-31)17-25(33)29-26-24(16-28)19(2)20(3)32(26)23-9-5-7-21(27)15-23/h4-9,14-15H,10-13,17H2,1-3H3,(H,29,33). The van der Waals surface area contributed by atoms with Gasteiger partial charge in [0, 0.05) is 37.6 Å². The average molecular weight is 446 g/mol. The van der Waals surface area contributed by atoms with Crippen molar-refractivity contribution in [2.75, 3.05) is 42.9 Å². The number of hydrogen-bond donors (Lipinski definition) is 1. The molecule has 1 aromatic heterocycles. The van der Waals surface area contributed by atoms with Crippen molar-refractivity contribution in [1.82, 2.24) is 9.47 Å². The lowest BCUT2D eigenvalue weighted by Crippen LogP contribution is -2.48. The molecule has 1 saturated heterocycles. The third kappa shape index (κ3) is 4.76. The highest BCUT2D eigenvalue weighted by atomic mass is 19.1. The minimum atomic E-state index is -0.375. The van der Waals surface area contributed by atoms with E-state index in [1.807, 2.05) is 13.8 Å². The Kier molecular flexibility index (Phi) is 6.47. The summed E-state index contributed by atoms with van der Waals surface area (Å²) in [5.41, 5.74) is 4.96. The number of aryl methyl sites for hydroxylation is 1. The van der Waals surface area contributed by atoms with E-state index in [4.69, 9.17) is 0 Å². The highest BCUT2D eigenvalue weighted by molar-refractivity contribution is 5.93. The predicted molar refractivity (Wildman–Crippen MR) is 128 cm³/mol.